The number of hydrogen-bond donors (Lipinski definition) is 1. The lowest BCUT2D eigenvalue weighted by Crippen LogP contribution is -2.57. The summed E-state index contributed by atoms with van der Waals surface area (Å²) in [6.07, 6.45) is -2.20. The summed E-state index contributed by atoms with van der Waals surface area (Å²) in [4.78, 5) is 39.9. The second kappa shape index (κ2) is 12.9. The summed E-state index contributed by atoms with van der Waals surface area (Å²) < 4.78 is 4.71. The van der Waals surface area contributed by atoms with Crippen molar-refractivity contribution in [2.45, 2.75) is 25.0 Å². The predicted octanol–water partition coefficient (Wildman–Crippen LogP) is 5.97. The van der Waals surface area contributed by atoms with Gasteiger partial charge in [-0.25, -0.2) is 4.79 Å². The second-order valence-corrected chi connectivity index (χ2v) is 10.6. The molecule has 1 saturated heterocycles. The lowest BCUT2D eigenvalue weighted by molar-refractivity contribution is -0.385. The van der Waals surface area contributed by atoms with Crippen LogP contribution in [0.5, 0.6) is 0 Å². The summed E-state index contributed by atoms with van der Waals surface area (Å²) in [5.74, 6) is -0.283. The zero-order valence-electron chi connectivity index (χ0n) is 23.8. The summed E-state index contributed by atoms with van der Waals surface area (Å²) in [5, 5.41) is 20.7. The molecule has 0 aromatic heterocycles. The summed E-state index contributed by atoms with van der Waals surface area (Å²) in [6.45, 7) is 3.55. The van der Waals surface area contributed by atoms with Gasteiger partial charge in [0.25, 0.3) is 11.6 Å². The molecule has 1 N–H and O–H groups in total. The highest BCUT2D eigenvalue weighted by atomic mass is 16.7. The zero-order chi connectivity index (χ0) is 30.4. The average molecular weight is 580 g/mol. The standard InChI is InChI=1S/C34H33N3O6/c1-25(43-33(39)40)23-26-17-18-27(24-31(26)37(41)42)32(38)35-19-21-36(22-20-35)34(28-11-5-2-6-12-28,29-13-7-3-8-14-29)30-15-9-4-10-16-30/h2-18,24-25H,19-23H2,1H3,(H,39,40). The molecule has 1 heterocycles. The molecule has 4 aromatic rings. The van der Waals surface area contributed by atoms with Crippen molar-refractivity contribution in [1.82, 2.24) is 9.80 Å². The molecule has 220 valence electrons. The van der Waals surface area contributed by atoms with Gasteiger partial charge in [-0.05, 0) is 29.7 Å². The number of carboxylic acid groups (broad SMARTS) is 1. The molecule has 1 amide bonds. The number of piperazine rings is 1. The van der Waals surface area contributed by atoms with Crippen molar-refractivity contribution in [1.29, 1.82) is 0 Å². The van der Waals surface area contributed by atoms with E-state index in [2.05, 4.69) is 41.3 Å². The highest BCUT2D eigenvalue weighted by molar-refractivity contribution is 5.95. The van der Waals surface area contributed by atoms with Gasteiger partial charge in [-0.15, -0.1) is 0 Å². The normalized spacial score (nSPS) is 14.6. The first-order valence-corrected chi connectivity index (χ1v) is 14.2. The van der Waals surface area contributed by atoms with E-state index in [9.17, 15) is 19.7 Å². The van der Waals surface area contributed by atoms with E-state index in [-0.39, 0.29) is 23.6 Å². The van der Waals surface area contributed by atoms with Gasteiger partial charge in [0, 0.05) is 49.8 Å². The molecule has 43 heavy (non-hydrogen) atoms. The first-order chi connectivity index (χ1) is 20.8. The van der Waals surface area contributed by atoms with Crippen molar-refractivity contribution in [3.8, 4) is 0 Å². The molecule has 0 spiro atoms. The van der Waals surface area contributed by atoms with E-state index in [1.165, 1.54) is 19.1 Å². The smallest absolute Gasteiger partial charge is 0.450 e. The van der Waals surface area contributed by atoms with Gasteiger partial charge < -0.3 is 14.7 Å². The number of rotatable bonds is 9. The van der Waals surface area contributed by atoms with Gasteiger partial charge in [0.2, 0.25) is 0 Å². The Labute approximate surface area is 250 Å². The number of carbonyl (C=O) groups is 2. The molecule has 0 saturated carbocycles. The van der Waals surface area contributed by atoms with E-state index >= 15 is 0 Å². The third kappa shape index (κ3) is 6.12. The van der Waals surface area contributed by atoms with Gasteiger partial charge in [-0.3, -0.25) is 19.8 Å². The number of ether oxygens (including phenoxy) is 1. The Kier molecular flexibility index (Phi) is 8.82. The number of nitrogens with zero attached hydrogens (tertiary/aromatic N) is 3. The number of nitro groups is 1. The molecule has 1 fully saturated rings. The summed E-state index contributed by atoms with van der Waals surface area (Å²) in [6, 6.07) is 35.5. The van der Waals surface area contributed by atoms with Crippen molar-refractivity contribution in [2.24, 2.45) is 0 Å². The Balaban J connectivity index is 1.43. The second-order valence-electron chi connectivity index (χ2n) is 10.6. The number of amides is 1. The number of hydrogen-bond acceptors (Lipinski definition) is 6. The van der Waals surface area contributed by atoms with Crippen LogP contribution in [0.15, 0.2) is 109 Å². The molecule has 1 aliphatic heterocycles. The zero-order valence-corrected chi connectivity index (χ0v) is 23.8. The topological polar surface area (TPSA) is 113 Å². The van der Waals surface area contributed by atoms with Gasteiger partial charge in [0.05, 0.1) is 10.5 Å². The van der Waals surface area contributed by atoms with Crippen LogP contribution in [0.1, 0.15) is 39.5 Å². The molecule has 1 aliphatic rings. The largest absolute Gasteiger partial charge is 0.506 e. The van der Waals surface area contributed by atoms with E-state index in [0.717, 1.165) is 16.7 Å². The van der Waals surface area contributed by atoms with Crippen molar-refractivity contribution >= 4 is 17.7 Å². The van der Waals surface area contributed by atoms with E-state index in [0.29, 0.717) is 31.7 Å². The van der Waals surface area contributed by atoms with Crippen LogP contribution in [0.3, 0.4) is 0 Å². The molecule has 0 aliphatic carbocycles. The molecule has 1 unspecified atom stereocenters. The Hall–Kier alpha value is -5.02. The lowest BCUT2D eigenvalue weighted by atomic mass is 9.75. The van der Waals surface area contributed by atoms with Crippen molar-refractivity contribution in [2.75, 3.05) is 26.2 Å². The molecule has 9 heteroatoms. The molecule has 4 aromatic carbocycles. The van der Waals surface area contributed by atoms with Crippen LogP contribution in [0, 0.1) is 10.1 Å². The minimum atomic E-state index is -1.45. The summed E-state index contributed by atoms with van der Waals surface area (Å²) in [7, 11) is 0. The van der Waals surface area contributed by atoms with Crippen molar-refractivity contribution in [3.05, 3.63) is 147 Å². The van der Waals surface area contributed by atoms with Crippen LogP contribution in [-0.2, 0) is 16.7 Å². The fraction of sp³-hybridized carbons (Fsp3) is 0.235. The van der Waals surface area contributed by atoms with E-state index in [1.54, 1.807) is 11.0 Å². The predicted molar refractivity (Wildman–Crippen MR) is 162 cm³/mol. The van der Waals surface area contributed by atoms with Crippen LogP contribution >= 0.6 is 0 Å². The Morgan fingerprint density at radius 1 is 0.837 bits per heavy atom. The van der Waals surface area contributed by atoms with E-state index < -0.39 is 22.7 Å². The van der Waals surface area contributed by atoms with Crippen molar-refractivity contribution < 1.29 is 24.4 Å². The quantitative estimate of drug-likeness (QED) is 0.112. The highest BCUT2D eigenvalue weighted by Crippen LogP contribution is 2.43. The first-order valence-electron chi connectivity index (χ1n) is 14.2. The molecular formula is C34H33N3O6. The SMILES string of the molecule is CC(Cc1ccc(C(=O)N2CCN(C(c3ccccc3)(c3ccccc3)c3ccccc3)CC2)cc1[N+](=O)[O-])OC(=O)O. The minimum absolute atomic E-state index is 0.0241. The third-order valence-corrected chi connectivity index (χ3v) is 7.95. The Bertz CT molecular complexity index is 1480. The molecule has 0 bridgehead atoms. The average Bonchev–Trinajstić information content (AvgIpc) is 3.03. The maximum atomic E-state index is 13.6. The molecular weight excluding hydrogens is 546 g/mol. The number of carbonyl (C=O) groups excluding carboxylic acids is 1. The first kappa shape index (κ1) is 29.5. The van der Waals surface area contributed by atoms with E-state index in [4.69, 9.17) is 9.84 Å². The van der Waals surface area contributed by atoms with Crippen LogP contribution in [0.4, 0.5) is 10.5 Å². The molecule has 1 atom stereocenters. The lowest BCUT2D eigenvalue weighted by Gasteiger charge is -2.49. The van der Waals surface area contributed by atoms with Crippen LogP contribution in [-0.4, -0.2) is 64.2 Å². The van der Waals surface area contributed by atoms with Crippen LogP contribution in [0.25, 0.3) is 0 Å². The molecule has 0 radical (unpaired) electrons. The fourth-order valence-corrected chi connectivity index (χ4v) is 6.08. The summed E-state index contributed by atoms with van der Waals surface area (Å²) >= 11 is 0. The van der Waals surface area contributed by atoms with Crippen molar-refractivity contribution in [3.63, 3.8) is 0 Å². The highest BCUT2D eigenvalue weighted by Gasteiger charge is 2.43. The maximum absolute atomic E-state index is 13.6. The Morgan fingerprint density at radius 2 is 1.33 bits per heavy atom. The van der Waals surface area contributed by atoms with E-state index in [1.807, 2.05) is 54.6 Å². The van der Waals surface area contributed by atoms with Gasteiger partial charge in [0.15, 0.2) is 0 Å². The van der Waals surface area contributed by atoms with Gasteiger partial charge in [-0.2, -0.15) is 0 Å². The van der Waals surface area contributed by atoms with Gasteiger partial charge >= 0.3 is 6.16 Å². The number of benzene rings is 4. The van der Waals surface area contributed by atoms with Gasteiger partial charge in [-0.1, -0.05) is 97.1 Å². The van der Waals surface area contributed by atoms with Crippen LogP contribution < -0.4 is 0 Å². The van der Waals surface area contributed by atoms with Crippen LogP contribution in [0.2, 0.25) is 0 Å². The minimum Gasteiger partial charge on any atom is -0.450 e. The van der Waals surface area contributed by atoms with Gasteiger partial charge in [0.1, 0.15) is 6.10 Å². The third-order valence-electron chi connectivity index (χ3n) is 7.95. The monoisotopic (exact) mass is 579 g/mol. The molecule has 9 nitrogen and oxygen atoms in total. The fourth-order valence-electron chi connectivity index (χ4n) is 6.08. The maximum Gasteiger partial charge on any atom is 0.506 e. The Morgan fingerprint density at radius 3 is 1.77 bits per heavy atom. The summed E-state index contributed by atoms with van der Waals surface area (Å²) in [5.41, 5.74) is 3.07. The number of nitro benzene ring substituents is 1. The molecule has 5 rings (SSSR count).